The molecule has 0 radical (unpaired) electrons. The van der Waals surface area contributed by atoms with Gasteiger partial charge in [-0.3, -0.25) is 4.90 Å². The molecule has 0 spiro atoms. The Morgan fingerprint density at radius 3 is 2.78 bits per heavy atom. The second kappa shape index (κ2) is 6.18. The first-order chi connectivity index (χ1) is 11.2. The molecule has 3 aromatic rings. The minimum atomic E-state index is 0.672. The molecule has 23 heavy (non-hydrogen) atoms. The van der Waals surface area contributed by atoms with Gasteiger partial charge in [0.1, 0.15) is 12.1 Å². The van der Waals surface area contributed by atoms with E-state index in [9.17, 15) is 0 Å². The fraction of sp³-hybridized carbons (Fsp3) is 0.400. The molecule has 8 heteroatoms. The van der Waals surface area contributed by atoms with Crippen molar-refractivity contribution in [1.29, 1.82) is 0 Å². The van der Waals surface area contributed by atoms with Gasteiger partial charge in [-0.1, -0.05) is 0 Å². The highest BCUT2D eigenvalue weighted by Gasteiger charge is 2.20. The molecule has 0 N–H and O–H groups in total. The number of halogens is 1. The molecule has 3 aromatic heterocycles. The van der Waals surface area contributed by atoms with Crippen LogP contribution in [0.5, 0.6) is 0 Å². The minimum Gasteiger partial charge on any atom is -0.354 e. The van der Waals surface area contributed by atoms with Crippen LogP contribution in [-0.4, -0.2) is 50.7 Å². The van der Waals surface area contributed by atoms with E-state index in [1.807, 2.05) is 22.8 Å². The summed E-state index contributed by atoms with van der Waals surface area (Å²) in [7, 11) is 0. The predicted octanol–water partition coefficient (Wildman–Crippen LogP) is 2.58. The molecule has 0 bridgehead atoms. The Morgan fingerprint density at radius 1 is 1.22 bits per heavy atom. The number of nitrogens with zero attached hydrogens (tertiary/aromatic N) is 6. The van der Waals surface area contributed by atoms with Gasteiger partial charge in [0.25, 0.3) is 5.78 Å². The normalized spacial score (nSPS) is 16.3. The van der Waals surface area contributed by atoms with E-state index < -0.39 is 0 Å². The van der Waals surface area contributed by atoms with Crippen LogP contribution in [0.3, 0.4) is 0 Å². The van der Waals surface area contributed by atoms with Crippen molar-refractivity contribution in [2.75, 3.05) is 31.1 Å². The SMILES string of the molecule is Cc1cc(N2CCN(Cc3ccc(Br)s3)CC2)n2ncnc2n1. The Hall–Kier alpha value is -1.51. The molecule has 6 nitrogen and oxygen atoms in total. The van der Waals surface area contributed by atoms with Gasteiger partial charge in [0.2, 0.25) is 0 Å². The first-order valence-corrected chi connectivity index (χ1v) is 9.19. The molecule has 0 amide bonds. The summed E-state index contributed by atoms with van der Waals surface area (Å²) < 4.78 is 3.03. The molecule has 120 valence electrons. The van der Waals surface area contributed by atoms with Crippen molar-refractivity contribution >= 4 is 38.9 Å². The molecule has 0 aliphatic carbocycles. The first kappa shape index (κ1) is 15.0. The van der Waals surface area contributed by atoms with Gasteiger partial charge in [-0.2, -0.15) is 14.6 Å². The highest BCUT2D eigenvalue weighted by atomic mass is 79.9. The third-order valence-corrected chi connectivity index (χ3v) is 5.67. The van der Waals surface area contributed by atoms with Crippen molar-refractivity contribution in [3.05, 3.63) is 38.9 Å². The lowest BCUT2D eigenvalue weighted by atomic mass is 10.3. The van der Waals surface area contributed by atoms with Crippen LogP contribution in [0.2, 0.25) is 0 Å². The third-order valence-electron chi connectivity index (χ3n) is 4.07. The second-order valence-electron chi connectivity index (χ2n) is 5.70. The zero-order valence-corrected chi connectivity index (χ0v) is 15.2. The van der Waals surface area contributed by atoms with Crippen molar-refractivity contribution in [2.45, 2.75) is 13.5 Å². The summed E-state index contributed by atoms with van der Waals surface area (Å²) in [6.07, 6.45) is 1.57. The smallest absolute Gasteiger partial charge is 0.254 e. The van der Waals surface area contributed by atoms with Gasteiger partial charge in [0.05, 0.1) is 3.79 Å². The Kier molecular flexibility index (Phi) is 4.04. The quantitative estimate of drug-likeness (QED) is 0.685. The summed E-state index contributed by atoms with van der Waals surface area (Å²) in [5, 5.41) is 4.31. The highest BCUT2D eigenvalue weighted by Crippen LogP contribution is 2.24. The fourth-order valence-electron chi connectivity index (χ4n) is 2.93. The summed E-state index contributed by atoms with van der Waals surface area (Å²) in [6.45, 7) is 7.11. The molecular formula is C15H17BrN6S. The molecule has 4 heterocycles. The monoisotopic (exact) mass is 392 g/mol. The number of aromatic nitrogens is 4. The summed E-state index contributed by atoms with van der Waals surface area (Å²) in [4.78, 5) is 14.9. The maximum Gasteiger partial charge on any atom is 0.254 e. The van der Waals surface area contributed by atoms with Crippen LogP contribution >= 0.6 is 27.3 Å². The number of anilines is 1. The molecule has 0 unspecified atom stereocenters. The van der Waals surface area contributed by atoms with Crippen LogP contribution in [0.25, 0.3) is 5.78 Å². The van der Waals surface area contributed by atoms with E-state index in [4.69, 9.17) is 0 Å². The second-order valence-corrected chi connectivity index (χ2v) is 8.24. The molecule has 1 aliphatic heterocycles. The van der Waals surface area contributed by atoms with Crippen molar-refractivity contribution in [1.82, 2.24) is 24.5 Å². The summed E-state index contributed by atoms with van der Waals surface area (Å²) in [5.74, 6) is 1.76. The maximum absolute atomic E-state index is 4.41. The van der Waals surface area contributed by atoms with E-state index in [1.54, 1.807) is 6.33 Å². The van der Waals surface area contributed by atoms with Crippen molar-refractivity contribution in [3.63, 3.8) is 0 Å². The Bertz CT molecular complexity index is 820. The summed E-state index contributed by atoms with van der Waals surface area (Å²) in [5.41, 5.74) is 0.978. The number of thiophene rings is 1. The third kappa shape index (κ3) is 3.11. The molecule has 1 aliphatic rings. The number of hydrogen-bond acceptors (Lipinski definition) is 6. The van der Waals surface area contributed by atoms with Crippen LogP contribution < -0.4 is 4.90 Å². The molecule has 0 saturated carbocycles. The van der Waals surface area contributed by atoms with Crippen LogP contribution in [0.4, 0.5) is 5.82 Å². The molecule has 4 rings (SSSR count). The van der Waals surface area contributed by atoms with E-state index in [0.717, 1.165) is 44.2 Å². The highest BCUT2D eigenvalue weighted by molar-refractivity contribution is 9.11. The van der Waals surface area contributed by atoms with E-state index in [-0.39, 0.29) is 0 Å². The van der Waals surface area contributed by atoms with Gasteiger partial charge in [-0.15, -0.1) is 11.3 Å². The van der Waals surface area contributed by atoms with E-state index in [0.29, 0.717) is 5.78 Å². The van der Waals surface area contributed by atoms with Gasteiger partial charge in [-0.05, 0) is 35.0 Å². The molecule has 1 fully saturated rings. The van der Waals surface area contributed by atoms with Gasteiger partial charge in [-0.25, -0.2) is 4.98 Å². The van der Waals surface area contributed by atoms with Gasteiger partial charge < -0.3 is 4.90 Å². The van der Waals surface area contributed by atoms with Gasteiger partial charge >= 0.3 is 0 Å². The van der Waals surface area contributed by atoms with Crippen molar-refractivity contribution < 1.29 is 0 Å². The zero-order chi connectivity index (χ0) is 15.8. The first-order valence-electron chi connectivity index (χ1n) is 7.58. The number of aryl methyl sites for hydroxylation is 1. The lowest BCUT2D eigenvalue weighted by Gasteiger charge is -2.35. The van der Waals surface area contributed by atoms with Gasteiger partial charge in [0.15, 0.2) is 0 Å². The lowest BCUT2D eigenvalue weighted by molar-refractivity contribution is 0.251. The topological polar surface area (TPSA) is 49.6 Å². The number of rotatable bonds is 3. The van der Waals surface area contributed by atoms with Crippen molar-refractivity contribution in [3.8, 4) is 0 Å². The van der Waals surface area contributed by atoms with Crippen LogP contribution in [0.1, 0.15) is 10.6 Å². The maximum atomic E-state index is 4.41. The van der Waals surface area contributed by atoms with Crippen LogP contribution in [0, 0.1) is 6.92 Å². The van der Waals surface area contributed by atoms with Crippen LogP contribution in [-0.2, 0) is 6.54 Å². The average Bonchev–Trinajstić information content (AvgIpc) is 3.16. The average molecular weight is 393 g/mol. The molecular weight excluding hydrogens is 376 g/mol. The molecule has 0 aromatic carbocycles. The fourth-order valence-corrected chi connectivity index (χ4v) is 4.45. The van der Waals surface area contributed by atoms with E-state index in [1.165, 1.54) is 8.66 Å². The number of piperazine rings is 1. The van der Waals surface area contributed by atoms with Crippen LogP contribution in [0.15, 0.2) is 28.3 Å². The molecule has 0 atom stereocenters. The largest absolute Gasteiger partial charge is 0.354 e. The Morgan fingerprint density at radius 2 is 2.04 bits per heavy atom. The summed E-state index contributed by atoms with van der Waals surface area (Å²) >= 11 is 5.35. The number of fused-ring (bicyclic) bond motifs is 1. The Balaban J connectivity index is 1.47. The Labute approximate surface area is 146 Å². The van der Waals surface area contributed by atoms with E-state index >= 15 is 0 Å². The zero-order valence-electron chi connectivity index (χ0n) is 12.8. The summed E-state index contributed by atoms with van der Waals surface area (Å²) in [6, 6.07) is 6.41. The lowest BCUT2D eigenvalue weighted by Crippen LogP contribution is -2.46. The molecule has 1 saturated heterocycles. The predicted molar refractivity (Wildman–Crippen MR) is 95.0 cm³/mol. The number of hydrogen-bond donors (Lipinski definition) is 0. The van der Waals surface area contributed by atoms with Crippen molar-refractivity contribution in [2.24, 2.45) is 0 Å². The van der Waals surface area contributed by atoms with Gasteiger partial charge in [0, 0.05) is 49.4 Å². The van der Waals surface area contributed by atoms with E-state index in [2.05, 4.69) is 59.0 Å². The minimum absolute atomic E-state index is 0.672. The standard InChI is InChI=1S/C15H17BrN6S/c1-11-8-14(22-15(19-11)17-10-18-22)21-6-4-20(5-7-21)9-12-2-3-13(16)23-12/h2-3,8,10H,4-7,9H2,1H3.